The maximum absolute atomic E-state index is 13.2. The summed E-state index contributed by atoms with van der Waals surface area (Å²) in [6, 6.07) is 3.39. The monoisotopic (exact) mass is 532 g/mol. The van der Waals surface area contributed by atoms with Crippen LogP contribution in [-0.4, -0.2) is 71.0 Å². The van der Waals surface area contributed by atoms with Crippen LogP contribution in [0.4, 0.5) is 9.93 Å². The number of ether oxygens (including phenoxy) is 1. The number of aliphatic hydroxyl groups is 2. The number of thiazole rings is 1. The molecule has 0 spiro atoms. The number of hydrogen-bond donors (Lipinski definition) is 4. The fraction of sp³-hybridized carbons (Fsp3) is 0.654. The van der Waals surface area contributed by atoms with E-state index in [0.29, 0.717) is 56.6 Å². The number of amides is 3. The lowest BCUT2D eigenvalue weighted by atomic mass is 9.47. The van der Waals surface area contributed by atoms with Gasteiger partial charge in [0.25, 0.3) is 0 Å². The van der Waals surface area contributed by atoms with Crippen LogP contribution in [0.5, 0.6) is 0 Å². The minimum absolute atomic E-state index is 0.0487. The Balaban J connectivity index is 1.43. The SMILES string of the molecule is CC1(CO)C(O)CCC2(C)C(CC(=O)NCc3ccco3)c3nc(NC(=O)N4CCOCC4)sc3CC12. The number of aromatic nitrogens is 1. The normalized spacial score (nSPS) is 31.4. The molecule has 0 radical (unpaired) electrons. The van der Waals surface area contributed by atoms with Crippen LogP contribution in [0.15, 0.2) is 22.8 Å². The molecular formula is C26H36N4O6S. The fourth-order valence-corrected chi connectivity index (χ4v) is 7.55. The third-order valence-electron chi connectivity index (χ3n) is 8.84. The number of rotatable bonds is 6. The van der Waals surface area contributed by atoms with E-state index in [-0.39, 0.29) is 42.2 Å². The topological polar surface area (TPSA) is 137 Å². The molecular weight excluding hydrogens is 496 g/mol. The van der Waals surface area contributed by atoms with Crippen molar-refractivity contribution >= 4 is 28.4 Å². The second-order valence-corrected chi connectivity index (χ2v) is 12.0. The predicted octanol–water partition coefficient (Wildman–Crippen LogP) is 2.72. The van der Waals surface area contributed by atoms with Gasteiger partial charge in [-0.2, -0.15) is 0 Å². The minimum atomic E-state index is -0.700. The van der Waals surface area contributed by atoms with Crippen molar-refractivity contribution in [3.05, 3.63) is 34.7 Å². The molecule has 5 unspecified atom stereocenters. The number of nitrogens with one attached hydrogen (secondary N) is 2. The molecule has 5 atom stereocenters. The molecule has 2 aromatic heterocycles. The first kappa shape index (κ1) is 26.1. The molecule has 0 bridgehead atoms. The number of furan rings is 1. The van der Waals surface area contributed by atoms with Gasteiger partial charge in [-0.25, -0.2) is 9.78 Å². The average Bonchev–Trinajstić information content (AvgIpc) is 3.57. The van der Waals surface area contributed by atoms with Crippen molar-refractivity contribution in [2.24, 2.45) is 16.7 Å². The summed E-state index contributed by atoms with van der Waals surface area (Å²) in [6.07, 6.45) is 3.07. The highest BCUT2D eigenvalue weighted by atomic mass is 32.1. The van der Waals surface area contributed by atoms with Gasteiger partial charge in [-0.1, -0.05) is 13.8 Å². The smallest absolute Gasteiger partial charge is 0.323 e. The molecule has 1 saturated heterocycles. The van der Waals surface area contributed by atoms with Gasteiger partial charge in [0, 0.05) is 35.7 Å². The molecule has 3 amide bonds. The molecule has 37 heavy (non-hydrogen) atoms. The van der Waals surface area contributed by atoms with Gasteiger partial charge in [-0.05, 0) is 42.7 Å². The minimum Gasteiger partial charge on any atom is -0.467 e. The summed E-state index contributed by atoms with van der Waals surface area (Å²) >= 11 is 1.43. The first-order valence-corrected chi connectivity index (χ1v) is 13.8. The molecule has 3 heterocycles. The Hall–Kier alpha value is -2.47. The van der Waals surface area contributed by atoms with Crippen molar-refractivity contribution in [1.82, 2.24) is 15.2 Å². The maximum Gasteiger partial charge on any atom is 0.323 e. The largest absolute Gasteiger partial charge is 0.467 e. The lowest BCUT2D eigenvalue weighted by Gasteiger charge is -2.58. The molecule has 0 aromatic carbocycles. The van der Waals surface area contributed by atoms with Gasteiger partial charge >= 0.3 is 6.03 Å². The number of anilines is 1. The Labute approximate surface area is 220 Å². The van der Waals surface area contributed by atoms with Gasteiger partial charge < -0.3 is 29.6 Å². The van der Waals surface area contributed by atoms with E-state index in [1.54, 1.807) is 17.2 Å². The zero-order chi connectivity index (χ0) is 26.2. The van der Waals surface area contributed by atoms with Gasteiger partial charge in [0.15, 0.2) is 5.13 Å². The molecule has 1 saturated carbocycles. The molecule has 2 aliphatic carbocycles. The Morgan fingerprint density at radius 3 is 2.78 bits per heavy atom. The molecule has 2 fully saturated rings. The van der Waals surface area contributed by atoms with Crippen LogP contribution in [-0.2, 0) is 22.5 Å². The van der Waals surface area contributed by atoms with Crippen molar-refractivity contribution in [3.8, 4) is 0 Å². The van der Waals surface area contributed by atoms with E-state index in [1.165, 1.54) is 11.3 Å². The van der Waals surface area contributed by atoms with Crippen molar-refractivity contribution < 1.29 is 29.0 Å². The van der Waals surface area contributed by atoms with E-state index < -0.39 is 11.5 Å². The van der Waals surface area contributed by atoms with Crippen LogP contribution < -0.4 is 10.6 Å². The third-order valence-corrected chi connectivity index (χ3v) is 9.84. The first-order chi connectivity index (χ1) is 17.7. The number of hydrogen-bond acceptors (Lipinski definition) is 8. The molecule has 11 heteroatoms. The summed E-state index contributed by atoms with van der Waals surface area (Å²) in [5, 5.41) is 27.8. The highest BCUT2D eigenvalue weighted by Gasteiger charge is 2.59. The molecule has 10 nitrogen and oxygen atoms in total. The zero-order valence-corrected chi connectivity index (χ0v) is 22.2. The summed E-state index contributed by atoms with van der Waals surface area (Å²) in [7, 11) is 0. The van der Waals surface area contributed by atoms with Crippen molar-refractivity contribution in [1.29, 1.82) is 0 Å². The number of carbonyl (C=O) groups excluding carboxylic acids is 2. The number of fused-ring (bicyclic) bond motifs is 2. The van der Waals surface area contributed by atoms with Gasteiger partial charge in [0.05, 0.1) is 44.4 Å². The number of aliphatic hydroxyl groups excluding tert-OH is 2. The number of nitrogens with zero attached hydrogens (tertiary/aromatic N) is 2. The van der Waals surface area contributed by atoms with E-state index in [0.717, 1.165) is 17.0 Å². The summed E-state index contributed by atoms with van der Waals surface area (Å²) in [5.74, 6) is 0.295. The fourth-order valence-electron chi connectivity index (χ4n) is 6.49. The van der Waals surface area contributed by atoms with Crippen molar-refractivity contribution in [2.45, 2.75) is 58.1 Å². The lowest BCUT2D eigenvalue weighted by molar-refractivity contribution is -0.144. The molecule has 4 N–H and O–H groups in total. The maximum atomic E-state index is 13.2. The Bertz CT molecular complexity index is 1120. The summed E-state index contributed by atoms with van der Waals surface area (Å²) in [4.78, 5) is 33.6. The number of morpholine rings is 1. The Kier molecular flexibility index (Phi) is 7.32. The quantitative estimate of drug-likeness (QED) is 0.449. The van der Waals surface area contributed by atoms with Gasteiger partial charge in [-0.15, -0.1) is 11.3 Å². The summed E-state index contributed by atoms with van der Waals surface area (Å²) in [6.45, 7) is 6.36. The third kappa shape index (κ3) is 4.89. The lowest BCUT2D eigenvalue weighted by Crippen LogP contribution is -2.57. The van der Waals surface area contributed by atoms with Gasteiger partial charge in [0.2, 0.25) is 5.91 Å². The van der Waals surface area contributed by atoms with Gasteiger partial charge in [-0.3, -0.25) is 10.1 Å². The Morgan fingerprint density at radius 2 is 2.08 bits per heavy atom. The molecule has 202 valence electrons. The van der Waals surface area contributed by atoms with Crippen LogP contribution >= 0.6 is 11.3 Å². The van der Waals surface area contributed by atoms with Crippen LogP contribution in [0.2, 0.25) is 0 Å². The first-order valence-electron chi connectivity index (χ1n) is 13.0. The van der Waals surface area contributed by atoms with Crippen LogP contribution in [0.1, 0.15) is 55.4 Å². The van der Waals surface area contributed by atoms with Crippen LogP contribution in [0.3, 0.4) is 0 Å². The number of carbonyl (C=O) groups is 2. The predicted molar refractivity (Wildman–Crippen MR) is 137 cm³/mol. The van der Waals surface area contributed by atoms with E-state index >= 15 is 0 Å². The molecule has 3 aliphatic rings. The molecule has 2 aromatic rings. The van der Waals surface area contributed by atoms with E-state index in [9.17, 15) is 19.8 Å². The van der Waals surface area contributed by atoms with Crippen molar-refractivity contribution in [2.75, 3.05) is 38.2 Å². The highest BCUT2D eigenvalue weighted by molar-refractivity contribution is 7.15. The van der Waals surface area contributed by atoms with Gasteiger partial charge in [0.1, 0.15) is 5.76 Å². The summed E-state index contributed by atoms with van der Waals surface area (Å²) < 4.78 is 10.7. The Morgan fingerprint density at radius 1 is 1.30 bits per heavy atom. The zero-order valence-electron chi connectivity index (χ0n) is 21.4. The van der Waals surface area contributed by atoms with Crippen LogP contribution in [0.25, 0.3) is 0 Å². The average molecular weight is 533 g/mol. The van der Waals surface area contributed by atoms with Crippen molar-refractivity contribution in [3.63, 3.8) is 0 Å². The van der Waals surface area contributed by atoms with Crippen LogP contribution in [0, 0.1) is 16.7 Å². The van der Waals surface area contributed by atoms with E-state index in [2.05, 4.69) is 17.6 Å². The highest BCUT2D eigenvalue weighted by Crippen LogP contribution is 2.62. The number of urea groups is 1. The van der Waals surface area contributed by atoms with E-state index in [1.807, 2.05) is 13.0 Å². The second-order valence-electron chi connectivity index (χ2n) is 11.0. The standard InChI is InChI=1S/C26H36N4O6S/c1-25-6-5-20(32)26(2,15-31)19(25)13-18-22(17(25)12-21(33)27-14-16-4-3-9-36-16)28-23(37-18)29-24(34)30-7-10-35-11-8-30/h3-4,9,17,19-20,31-32H,5-8,10-15H2,1-2H3,(H,27,33)(H,28,29,34). The van der Waals surface area contributed by atoms with E-state index in [4.69, 9.17) is 14.1 Å². The summed E-state index contributed by atoms with van der Waals surface area (Å²) in [5.41, 5.74) is -0.217. The molecule has 5 rings (SSSR count). The molecule has 1 aliphatic heterocycles. The second kappa shape index (κ2) is 10.4.